The number of hydrogen-bond donors (Lipinski definition) is 0. The van der Waals surface area contributed by atoms with Crippen LogP contribution in [0.2, 0.25) is 0 Å². The Morgan fingerprint density at radius 1 is 1.12 bits per heavy atom. The summed E-state index contributed by atoms with van der Waals surface area (Å²) in [4.78, 5) is 2.37. The highest BCUT2D eigenvalue weighted by atomic mass is 15.2. The highest BCUT2D eigenvalue weighted by molar-refractivity contribution is 5.63. The minimum absolute atomic E-state index is 1.07. The van der Waals surface area contributed by atoms with Crippen LogP contribution in [0.25, 0.3) is 11.1 Å². The van der Waals surface area contributed by atoms with E-state index in [1.807, 2.05) is 17.9 Å². The lowest BCUT2D eigenvalue weighted by Gasteiger charge is -2.25. The van der Waals surface area contributed by atoms with Crippen molar-refractivity contribution >= 4 is 0 Å². The molecule has 1 aliphatic rings. The van der Waals surface area contributed by atoms with Crippen LogP contribution in [0.3, 0.4) is 0 Å². The summed E-state index contributed by atoms with van der Waals surface area (Å²) in [5.74, 6) is 0. The zero-order valence-electron chi connectivity index (χ0n) is 10.3. The molecule has 88 valence electrons. The lowest BCUT2D eigenvalue weighted by atomic mass is 9.96. The zero-order chi connectivity index (χ0) is 11.8. The Morgan fingerprint density at radius 2 is 2.00 bits per heavy atom. The van der Waals surface area contributed by atoms with Gasteiger partial charge in [-0.05, 0) is 30.2 Å². The van der Waals surface area contributed by atoms with Crippen LogP contribution in [0.4, 0.5) is 0 Å². The van der Waals surface area contributed by atoms with Gasteiger partial charge in [0.15, 0.2) is 0 Å². The van der Waals surface area contributed by atoms with Crippen molar-refractivity contribution in [3.05, 3.63) is 41.7 Å². The van der Waals surface area contributed by atoms with Crippen LogP contribution in [-0.2, 0) is 20.0 Å². The molecule has 0 aliphatic carbocycles. The maximum absolute atomic E-state index is 4.23. The Labute approximate surface area is 102 Å². The highest BCUT2D eigenvalue weighted by Crippen LogP contribution is 2.25. The van der Waals surface area contributed by atoms with Gasteiger partial charge in [0, 0.05) is 31.9 Å². The molecule has 1 aromatic carbocycles. The maximum Gasteiger partial charge on any atom is 0.0568 e. The maximum atomic E-state index is 4.23. The summed E-state index contributed by atoms with van der Waals surface area (Å²) >= 11 is 0. The van der Waals surface area contributed by atoms with E-state index >= 15 is 0 Å². The highest BCUT2D eigenvalue weighted by Gasteiger charge is 2.13. The molecule has 0 atom stereocenters. The smallest absolute Gasteiger partial charge is 0.0568 e. The van der Waals surface area contributed by atoms with Crippen LogP contribution in [0.5, 0.6) is 0 Å². The lowest BCUT2D eigenvalue weighted by Crippen LogP contribution is -2.26. The molecule has 3 heteroatoms. The van der Waals surface area contributed by atoms with E-state index in [2.05, 4.69) is 41.4 Å². The molecule has 0 saturated heterocycles. The number of benzene rings is 1. The van der Waals surface area contributed by atoms with E-state index in [1.54, 1.807) is 0 Å². The van der Waals surface area contributed by atoms with E-state index in [0.29, 0.717) is 0 Å². The fourth-order valence-corrected chi connectivity index (χ4v) is 2.44. The van der Waals surface area contributed by atoms with E-state index < -0.39 is 0 Å². The van der Waals surface area contributed by atoms with Gasteiger partial charge >= 0.3 is 0 Å². The second-order valence-electron chi connectivity index (χ2n) is 4.87. The average Bonchev–Trinajstić information content (AvgIpc) is 2.75. The summed E-state index contributed by atoms with van der Waals surface area (Å²) in [6, 6.07) is 6.78. The van der Waals surface area contributed by atoms with Crippen molar-refractivity contribution in [3.63, 3.8) is 0 Å². The van der Waals surface area contributed by atoms with Gasteiger partial charge in [0.05, 0.1) is 6.20 Å². The van der Waals surface area contributed by atoms with E-state index in [1.165, 1.54) is 22.3 Å². The Kier molecular flexibility index (Phi) is 2.48. The van der Waals surface area contributed by atoms with Crippen molar-refractivity contribution in [2.75, 3.05) is 13.6 Å². The Balaban J connectivity index is 1.98. The van der Waals surface area contributed by atoms with Crippen molar-refractivity contribution in [1.82, 2.24) is 14.7 Å². The first-order valence-corrected chi connectivity index (χ1v) is 6.02. The van der Waals surface area contributed by atoms with Crippen LogP contribution in [-0.4, -0.2) is 28.3 Å². The summed E-state index contributed by atoms with van der Waals surface area (Å²) in [6.45, 7) is 2.23. The first kappa shape index (κ1) is 10.5. The summed E-state index contributed by atoms with van der Waals surface area (Å²) in [5.41, 5.74) is 5.44. The van der Waals surface area contributed by atoms with Crippen molar-refractivity contribution in [1.29, 1.82) is 0 Å². The molecule has 0 N–H and O–H groups in total. The number of rotatable bonds is 1. The van der Waals surface area contributed by atoms with Crippen molar-refractivity contribution in [3.8, 4) is 11.1 Å². The standard InChI is InChI=1S/C14H17N3/c1-16-6-5-12-7-11(3-4-13(12)9-16)14-8-15-17(2)10-14/h3-4,7-8,10H,5-6,9H2,1-2H3. The summed E-state index contributed by atoms with van der Waals surface area (Å²) in [6.07, 6.45) is 5.15. The first-order chi connectivity index (χ1) is 8.22. The van der Waals surface area contributed by atoms with Gasteiger partial charge in [-0.15, -0.1) is 0 Å². The molecule has 0 amide bonds. The molecule has 0 unspecified atom stereocenters. The quantitative estimate of drug-likeness (QED) is 0.743. The van der Waals surface area contributed by atoms with Crippen LogP contribution in [0.15, 0.2) is 30.6 Å². The first-order valence-electron chi connectivity index (χ1n) is 6.02. The number of nitrogens with zero attached hydrogens (tertiary/aromatic N) is 3. The van der Waals surface area contributed by atoms with Crippen molar-refractivity contribution < 1.29 is 0 Å². The Morgan fingerprint density at radius 3 is 2.76 bits per heavy atom. The predicted octanol–water partition coefficient (Wildman–Crippen LogP) is 2.08. The Bertz CT molecular complexity index is 542. The predicted molar refractivity (Wildman–Crippen MR) is 68.7 cm³/mol. The molecule has 2 heterocycles. The molecule has 17 heavy (non-hydrogen) atoms. The molecular weight excluding hydrogens is 210 g/mol. The van der Waals surface area contributed by atoms with Crippen molar-refractivity contribution in [2.24, 2.45) is 7.05 Å². The minimum Gasteiger partial charge on any atom is -0.302 e. The van der Waals surface area contributed by atoms with E-state index in [-0.39, 0.29) is 0 Å². The van der Waals surface area contributed by atoms with Crippen LogP contribution in [0.1, 0.15) is 11.1 Å². The molecule has 0 spiro atoms. The van der Waals surface area contributed by atoms with Gasteiger partial charge in [-0.25, -0.2) is 0 Å². The van der Waals surface area contributed by atoms with Gasteiger partial charge in [0.1, 0.15) is 0 Å². The molecule has 3 nitrogen and oxygen atoms in total. The molecule has 0 saturated carbocycles. The molecule has 2 aromatic rings. The second kappa shape index (κ2) is 4.00. The molecule has 0 fully saturated rings. The normalized spacial score (nSPS) is 15.9. The van der Waals surface area contributed by atoms with Gasteiger partial charge < -0.3 is 4.90 Å². The second-order valence-corrected chi connectivity index (χ2v) is 4.87. The summed E-state index contributed by atoms with van der Waals surface area (Å²) in [7, 11) is 4.13. The number of likely N-dealkylation sites (N-methyl/N-ethyl adjacent to an activating group) is 1. The van der Waals surface area contributed by atoms with Gasteiger partial charge in [0.2, 0.25) is 0 Å². The largest absolute Gasteiger partial charge is 0.302 e. The zero-order valence-corrected chi connectivity index (χ0v) is 10.3. The monoisotopic (exact) mass is 227 g/mol. The van der Waals surface area contributed by atoms with E-state index in [9.17, 15) is 0 Å². The Hall–Kier alpha value is -1.61. The van der Waals surface area contributed by atoms with Crippen molar-refractivity contribution in [2.45, 2.75) is 13.0 Å². The van der Waals surface area contributed by atoms with E-state index in [4.69, 9.17) is 0 Å². The van der Waals surface area contributed by atoms with Gasteiger partial charge in [-0.3, -0.25) is 4.68 Å². The third kappa shape index (κ3) is 1.98. The summed E-state index contributed by atoms with van der Waals surface area (Å²) in [5, 5.41) is 4.23. The molecule has 3 rings (SSSR count). The number of fused-ring (bicyclic) bond motifs is 1. The average molecular weight is 227 g/mol. The van der Waals surface area contributed by atoms with Gasteiger partial charge in [-0.1, -0.05) is 18.2 Å². The van der Waals surface area contributed by atoms with Crippen LogP contribution in [0, 0.1) is 0 Å². The number of aromatic nitrogens is 2. The van der Waals surface area contributed by atoms with Crippen LogP contribution >= 0.6 is 0 Å². The molecule has 1 aliphatic heterocycles. The number of aryl methyl sites for hydroxylation is 1. The lowest BCUT2D eigenvalue weighted by molar-refractivity contribution is 0.313. The third-order valence-electron chi connectivity index (χ3n) is 3.45. The van der Waals surface area contributed by atoms with Gasteiger partial charge in [0.25, 0.3) is 0 Å². The molecule has 0 bridgehead atoms. The van der Waals surface area contributed by atoms with E-state index in [0.717, 1.165) is 19.5 Å². The van der Waals surface area contributed by atoms with Crippen LogP contribution < -0.4 is 0 Å². The third-order valence-corrected chi connectivity index (χ3v) is 3.45. The molecule has 0 radical (unpaired) electrons. The fourth-order valence-electron chi connectivity index (χ4n) is 2.44. The minimum atomic E-state index is 1.07. The SMILES string of the molecule is CN1CCc2cc(-c3cnn(C)c3)ccc2C1. The summed E-state index contributed by atoms with van der Waals surface area (Å²) < 4.78 is 1.85. The number of hydrogen-bond acceptors (Lipinski definition) is 2. The fraction of sp³-hybridized carbons (Fsp3) is 0.357. The topological polar surface area (TPSA) is 21.1 Å². The molecular formula is C14H17N3. The van der Waals surface area contributed by atoms with Gasteiger partial charge in [-0.2, -0.15) is 5.10 Å². The molecule has 1 aromatic heterocycles.